The smallest absolute Gasteiger partial charge is 0.0713 e. The van der Waals surface area contributed by atoms with Gasteiger partial charge in [-0.2, -0.15) is 0 Å². The molecule has 0 bridgehead atoms. The van der Waals surface area contributed by atoms with Crippen LogP contribution in [-0.4, -0.2) is 21.6 Å². The van der Waals surface area contributed by atoms with Crippen LogP contribution < -0.4 is 0 Å². The van der Waals surface area contributed by atoms with Gasteiger partial charge in [-0.3, -0.25) is 9.98 Å². The molecule has 4 heteroatoms. The molecule has 0 unspecified atom stereocenters. The van der Waals surface area contributed by atoms with Crippen LogP contribution in [-0.2, 0) is 18.5 Å². The van der Waals surface area contributed by atoms with Crippen LogP contribution in [0.3, 0.4) is 0 Å². The molecule has 10 aromatic rings. The summed E-state index contributed by atoms with van der Waals surface area (Å²) >= 11 is 0. The minimum absolute atomic E-state index is 0.505. The van der Waals surface area contributed by atoms with E-state index < -0.39 is 5.41 Å². The summed E-state index contributed by atoms with van der Waals surface area (Å²) in [5.74, 6) is 0. The molecule has 0 N–H and O–H groups in total. The van der Waals surface area contributed by atoms with E-state index in [2.05, 4.69) is 205 Å². The number of hydrogen-bond donors (Lipinski definition) is 0. The molecule has 0 spiro atoms. The van der Waals surface area contributed by atoms with Crippen molar-refractivity contribution < 1.29 is 0 Å². The van der Waals surface area contributed by atoms with Crippen molar-refractivity contribution in [2.45, 2.75) is 32.4 Å². The summed E-state index contributed by atoms with van der Waals surface area (Å²) in [5.41, 5.74) is 16.1. The average molecular weight is 759 g/mol. The number of benzene rings is 8. The third-order valence-electron chi connectivity index (χ3n) is 12.5. The Labute approximate surface area is 344 Å². The normalized spacial score (nSPS) is 13.4. The van der Waals surface area contributed by atoms with Gasteiger partial charge in [0, 0.05) is 69.1 Å². The van der Waals surface area contributed by atoms with Crippen molar-refractivity contribution in [2.24, 2.45) is 9.98 Å². The quantitative estimate of drug-likeness (QED) is 0.138. The molecule has 4 nitrogen and oxygen atoms in total. The van der Waals surface area contributed by atoms with Gasteiger partial charge in [-0.25, -0.2) is 0 Å². The largest absolute Gasteiger partial charge is 0.341 e. The third-order valence-corrected chi connectivity index (χ3v) is 12.5. The van der Waals surface area contributed by atoms with E-state index in [0.717, 1.165) is 35.6 Å². The summed E-state index contributed by atoms with van der Waals surface area (Å²) in [7, 11) is 0. The van der Waals surface area contributed by atoms with Gasteiger partial charge in [-0.05, 0) is 119 Å². The molecule has 2 heterocycles. The van der Waals surface area contributed by atoms with Gasteiger partial charge in [0.2, 0.25) is 0 Å². The van der Waals surface area contributed by atoms with E-state index in [1.807, 2.05) is 12.4 Å². The Hall–Kier alpha value is -7.30. The first kappa shape index (κ1) is 34.9. The lowest BCUT2D eigenvalue weighted by molar-refractivity contribution is 0.768. The number of rotatable bonds is 8. The predicted octanol–water partition coefficient (Wildman–Crippen LogP) is 13.8. The standard InChI is InChI=1S/C55H42N4/c1-3-58-51-19-11-7-15-45(51)47-33-37(21-31-53(47)58)35-56-41-27-23-39(24-28-41)55(49-17-9-5-13-43(49)44-14-6-10-18-50(44)55)40-25-29-42(30-26-40)57-36-38-22-32-54-48(34-38)46-16-8-12-20-52(46)59(54)4-2/h5-36H,3-4H2,1-2H3. The van der Waals surface area contributed by atoms with Crippen molar-refractivity contribution in [1.29, 1.82) is 0 Å². The molecule has 8 aromatic carbocycles. The maximum Gasteiger partial charge on any atom is 0.0713 e. The van der Waals surface area contributed by atoms with Gasteiger partial charge >= 0.3 is 0 Å². The van der Waals surface area contributed by atoms with Crippen molar-refractivity contribution in [1.82, 2.24) is 9.13 Å². The van der Waals surface area contributed by atoms with Crippen molar-refractivity contribution in [3.05, 3.63) is 215 Å². The molecule has 1 aliphatic carbocycles. The fourth-order valence-corrected chi connectivity index (χ4v) is 9.90. The minimum Gasteiger partial charge on any atom is -0.341 e. The Kier molecular flexibility index (Phi) is 8.26. The van der Waals surface area contributed by atoms with E-state index in [1.165, 1.54) is 77.0 Å². The number of aryl methyl sites for hydroxylation is 2. The van der Waals surface area contributed by atoms with E-state index in [0.29, 0.717) is 0 Å². The molecule has 0 saturated carbocycles. The molecule has 59 heavy (non-hydrogen) atoms. The number of para-hydroxylation sites is 2. The van der Waals surface area contributed by atoms with Gasteiger partial charge in [-0.15, -0.1) is 0 Å². The topological polar surface area (TPSA) is 34.6 Å². The van der Waals surface area contributed by atoms with Crippen LogP contribution in [0.4, 0.5) is 11.4 Å². The average Bonchev–Trinajstić information content (AvgIpc) is 3.91. The molecule has 282 valence electrons. The first-order chi connectivity index (χ1) is 29.1. The van der Waals surface area contributed by atoms with Gasteiger partial charge in [-0.1, -0.05) is 121 Å². The monoisotopic (exact) mass is 758 g/mol. The molecule has 0 saturated heterocycles. The van der Waals surface area contributed by atoms with Gasteiger partial charge in [0.05, 0.1) is 16.8 Å². The lowest BCUT2D eigenvalue weighted by Gasteiger charge is -2.34. The second-order valence-corrected chi connectivity index (χ2v) is 15.5. The zero-order valence-electron chi connectivity index (χ0n) is 33.2. The number of nitrogens with zero attached hydrogens (tertiary/aromatic N) is 4. The van der Waals surface area contributed by atoms with Crippen LogP contribution >= 0.6 is 0 Å². The number of aliphatic imine (C=N–C) groups is 2. The maximum atomic E-state index is 4.99. The van der Waals surface area contributed by atoms with Crippen LogP contribution in [0, 0.1) is 0 Å². The number of aromatic nitrogens is 2. The lowest BCUT2D eigenvalue weighted by atomic mass is 9.67. The zero-order chi connectivity index (χ0) is 39.5. The summed E-state index contributed by atoms with van der Waals surface area (Å²) in [5, 5.41) is 5.08. The van der Waals surface area contributed by atoms with Crippen LogP contribution in [0.15, 0.2) is 192 Å². The van der Waals surface area contributed by atoms with E-state index in [4.69, 9.17) is 9.98 Å². The van der Waals surface area contributed by atoms with Crippen LogP contribution in [0.1, 0.15) is 47.2 Å². The second-order valence-electron chi connectivity index (χ2n) is 15.5. The van der Waals surface area contributed by atoms with Crippen molar-refractivity contribution >= 4 is 67.4 Å². The fraction of sp³-hybridized carbons (Fsp3) is 0.0909. The first-order valence-electron chi connectivity index (χ1n) is 20.7. The van der Waals surface area contributed by atoms with E-state index >= 15 is 0 Å². The minimum atomic E-state index is -0.505. The predicted molar refractivity (Wildman–Crippen MR) is 248 cm³/mol. The molecule has 0 aliphatic heterocycles. The lowest BCUT2D eigenvalue weighted by Crippen LogP contribution is -2.28. The highest BCUT2D eigenvalue weighted by Gasteiger charge is 2.45. The second kappa shape index (κ2) is 14.0. The maximum absolute atomic E-state index is 4.99. The summed E-state index contributed by atoms with van der Waals surface area (Å²) in [6.45, 7) is 6.28. The summed E-state index contributed by atoms with van der Waals surface area (Å²) in [6, 6.07) is 66.1. The molecule has 1 aliphatic rings. The summed E-state index contributed by atoms with van der Waals surface area (Å²) < 4.78 is 4.77. The molecule has 0 amide bonds. The molecule has 0 atom stereocenters. The Morgan fingerprint density at radius 1 is 0.407 bits per heavy atom. The van der Waals surface area contributed by atoms with Gasteiger partial charge in [0.15, 0.2) is 0 Å². The van der Waals surface area contributed by atoms with E-state index in [1.54, 1.807) is 0 Å². The van der Waals surface area contributed by atoms with Gasteiger partial charge < -0.3 is 9.13 Å². The number of hydrogen-bond acceptors (Lipinski definition) is 2. The fourth-order valence-electron chi connectivity index (χ4n) is 9.90. The van der Waals surface area contributed by atoms with Crippen LogP contribution in [0.2, 0.25) is 0 Å². The van der Waals surface area contributed by atoms with Crippen LogP contribution in [0.25, 0.3) is 54.7 Å². The highest BCUT2D eigenvalue weighted by molar-refractivity contribution is 6.10. The highest BCUT2D eigenvalue weighted by Crippen LogP contribution is 2.56. The van der Waals surface area contributed by atoms with Gasteiger partial charge in [0.25, 0.3) is 0 Å². The van der Waals surface area contributed by atoms with E-state index in [-0.39, 0.29) is 0 Å². The molecular weight excluding hydrogens is 717 g/mol. The van der Waals surface area contributed by atoms with E-state index in [9.17, 15) is 0 Å². The SMILES string of the molecule is CCn1c2ccccc2c2cc(C=Nc3ccc(C4(c5ccc(N=Cc6ccc7c(c6)c6ccccc6n7CC)cc5)c5ccccc5-c5ccccc54)cc3)ccc21. The summed E-state index contributed by atoms with van der Waals surface area (Å²) in [6.07, 6.45) is 3.98. The summed E-state index contributed by atoms with van der Waals surface area (Å²) in [4.78, 5) is 9.97. The molecule has 0 fully saturated rings. The number of fused-ring (bicyclic) bond motifs is 9. The Balaban J connectivity index is 0.950. The first-order valence-corrected chi connectivity index (χ1v) is 20.7. The van der Waals surface area contributed by atoms with Crippen molar-refractivity contribution in [3.8, 4) is 11.1 Å². The van der Waals surface area contributed by atoms with Crippen molar-refractivity contribution in [2.75, 3.05) is 0 Å². The third kappa shape index (κ3) is 5.44. The Morgan fingerprint density at radius 2 is 0.797 bits per heavy atom. The molecule has 0 radical (unpaired) electrons. The Morgan fingerprint density at radius 3 is 1.24 bits per heavy atom. The molecular formula is C55H42N4. The Bertz CT molecular complexity index is 3060. The molecule has 11 rings (SSSR count). The highest BCUT2D eigenvalue weighted by atomic mass is 15.0. The van der Waals surface area contributed by atoms with Crippen LogP contribution in [0.5, 0.6) is 0 Å². The molecule has 2 aromatic heterocycles. The van der Waals surface area contributed by atoms with Gasteiger partial charge in [0.1, 0.15) is 0 Å². The zero-order valence-corrected chi connectivity index (χ0v) is 33.2. The van der Waals surface area contributed by atoms with Crippen molar-refractivity contribution in [3.63, 3.8) is 0 Å².